The lowest BCUT2D eigenvalue weighted by Crippen LogP contribution is -2.66. The van der Waals surface area contributed by atoms with Gasteiger partial charge in [0.05, 0.1) is 12.1 Å². The first kappa shape index (κ1) is 43.0. The second-order valence-corrected chi connectivity index (χ2v) is 19.4. The van der Waals surface area contributed by atoms with E-state index in [0.29, 0.717) is 31.1 Å². The molecule has 0 radical (unpaired) electrons. The molecule has 3 amide bonds. The Morgan fingerprint density at radius 2 is 1.40 bits per heavy atom. The van der Waals surface area contributed by atoms with Gasteiger partial charge in [0, 0.05) is 35.7 Å². The van der Waals surface area contributed by atoms with E-state index < -0.39 is 39.3 Å². The van der Waals surface area contributed by atoms with Crippen LogP contribution in [0.15, 0.2) is 82.8 Å². The van der Waals surface area contributed by atoms with E-state index in [9.17, 15) is 9.59 Å². The maximum Gasteiger partial charge on any atom is 0.411 e. The normalized spacial score (nSPS) is 18.6. The molecule has 3 aliphatic rings. The monoisotopic (exact) mass is 903 g/mol. The van der Waals surface area contributed by atoms with E-state index in [1.165, 1.54) is 13.8 Å². The fourth-order valence-electron chi connectivity index (χ4n) is 7.01. The predicted molar refractivity (Wildman–Crippen MR) is 226 cm³/mol. The van der Waals surface area contributed by atoms with Gasteiger partial charge in [-0.05, 0) is 119 Å². The van der Waals surface area contributed by atoms with Crippen LogP contribution in [-0.2, 0) is 20.8 Å². The van der Waals surface area contributed by atoms with E-state index in [-0.39, 0.29) is 31.5 Å². The van der Waals surface area contributed by atoms with E-state index in [1.807, 2.05) is 84.6 Å². The average Bonchev–Trinajstić information content (AvgIpc) is 3.97. The number of halogens is 4. The molecule has 14 heteroatoms. The molecule has 57 heavy (non-hydrogen) atoms. The molecule has 2 heterocycles. The number of amides is 3. The molecule has 2 fully saturated rings. The van der Waals surface area contributed by atoms with Crippen LogP contribution < -0.4 is 9.47 Å². The van der Waals surface area contributed by atoms with Crippen molar-refractivity contribution in [3.63, 3.8) is 0 Å². The Kier molecular flexibility index (Phi) is 13.0. The molecule has 10 nitrogen and oxygen atoms in total. The van der Waals surface area contributed by atoms with Crippen molar-refractivity contribution in [2.45, 2.75) is 100 Å². The van der Waals surface area contributed by atoms with Crippen molar-refractivity contribution >= 4 is 74.4 Å². The molecule has 1 aliphatic carbocycles. The number of rotatable bonds is 11. The summed E-state index contributed by atoms with van der Waals surface area (Å²) in [6, 6.07) is 21.7. The average molecular weight is 906 g/mol. The van der Waals surface area contributed by atoms with Gasteiger partial charge in [0.25, 0.3) is 5.91 Å². The molecule has 306 valence electrons. The van der Waals surface area contributed by atoms with Crippen molar-refractivity contribution in [2.24, 2.45) is 0 Å². The van der Waals surface area contributed by atoms with Crippen LogP contribution >= 0.6 is 50.7 Å². The Labute approximate surface area is 358 Å². The van der Waals surface area contributed by atoms with Crippen molar-refractivity contribution in [3.8, 4) is 11.5 Å². The molecular weight excluding hydrogens is 857 g/mol. The topological polar surface area (TPSA) is 97.9 Å². The van der Waals surface area contributed by atoms with Crippen LogP contribution in [0.1, 0.15) is 70.6 Å². The van der Waals surface area contributed by atoms with Gasteiger partial charge in [0.1, 0.15) is 30.3 Å². The van der Waals surface area contributed by atoms with E-state index in [2.05, 4.69) is 15.9 Å². The molecule has 3 aromatic rings. The molecular formula is C43H49BrCl3N3O7. The predicted octanol–water partition coefficient (Wildman–Crippen LogP) is 10.1. The summed E-state index contributed by atoms with van der Waals surface area (Å²) in [6.45, 7) is 11.6. The van der Waals surface area contributed by atoms with Gasteiger partial charge in [0.2, 0.25) is 3.79 Å². The molecule has 0 spiro atoms. The summed E-state index contributed by atoms with van der Waals surface area (Å²) in [5.74, 6) is 1.16. The van der Waals surface area contributed by atoms with Crippen molar-refractivity contribution in [2.75, 3.05) is 26.3 Å². The van der Waals surface area contributed by atoms with Crippen LogP contribution in [0.4, 0.5) is 9.59 Å². The summed E-state index contributed by atoms with van der Waals surface area (Å²) in [4.78, 5) is 48.4. The first-order chi connectivity index (χ1) is 26.8. The Morgan fingerprint density at radius 3 is 1.96 bits per heavy atom. The number of aryl methyl sites for hydroxylation is 1. The number of hydrogen-bond acceptors (Lipinski definition) is 7. The third kappa shape index (κ3) is 10.5. The zero-order chi connectivity index (χ0) is 41.3. The molecule has 2 aliphatic heterocycles. The lowest BCUT2D eigenvalue weighted by Gasteiger charge is -2.51. The largest absolute Gasteiger partial charge is 0.490 e. The van der Waals surface area contributed by atoms with Crippen molar-refractivity contribution < 1.29 is 33.3 Å². The standard InChI is InChI=1S/C43H49BrCl3N3O7/c1-27-9-7-8-10-29(27)24-49(31-15-16-31)38(51)37-35(28-11-17-33(18-12-28)54-21-22-55-34-19-13-30(44)14-20-34)23-32-25-48(39(52)56-41(2,3)4)26-36(37)50(32)40(53)57-42(5,6)43(45,46)47/h7-14,17-20,31-32,36H,15-16,21-26H2,1-6H3. The SMILES string of the molecule is Cc1ccccc1CN(C(=O)C1=C(c2ccc(OCCOc3ccc(Br)cc3)cc2)CC2CN(C(=O)OC(C)(C)C)CC1N2C(=O)OC(C)(C)C(Cl)(Cl)Cl)C1CC1. The molecule has 0 N–H and O–H groups in total. The smallest absolute Gasteiger partial charge is 0.411 e. The highest BCUT2D eigenvalue weighted by Crippen LogP contribution is 2.45. The third-order valence-corrected chi connectivity index (χ3v) is 12.2. The molecule has 2 unspecified atom stereocenters. The van der Waals surface area contributed by atoms with Gasteiger partial charge in [0.15, 0.2) is 5.60 Å². The molecule has 2 bridgehead atoms. The minimum Gasteiger partial charge on any atom is -0.490 e. The molecule has 6 rings (SSSR count). The van der Waals surface area contributed by atoms with Crippen LogP contribution in [0.5, 0.6) is 11.5 Å². The fraction of sp³-hybridized carbons (Fsp3) is 0.465. The Hall–Kier alpha value is -3.64. The maximum absolute atomic E-state index is 15.3. The van der Waals surface area contributed by atoms with Crippen molar-refractivity contribution in [1.29, 1.82) is 0 Å². The highest BCUT2D eigenvalue weighted by molar-refractivity contribution is 9.10. The Morgan fingerprint density at radius 1 is 0.807 bits per heavy atom. The molecule has 1 saturated carbocycles. The van der Waals surface area contributed by atoms with Crippen molar-refractivity contribution in [3.05, 3.63) is 99.5 Å². The number of carbonyl (C=O) groups is 3. The number of hydrogen-bond donors (Lipinski definition) is 0. The number of nitrogens with zero attached hydrogens (tertiary/aromatic N) is 3. The molecule has 0 aromatic heterocycles. The van der Waals surface area contributed by atoms with Gasteiger partial charge < -0.3 is 28.7 Å². The fourth-order valence-corrected chi connectivity index (χ4v) is 7.39. The highest BCUT2D eigenvalue weighted by Gasteiger charge is 2.53. The number of ether oxygens (including phenoxy) is 4. The maximum atomic E-state index is 15.3. The lowest BCUT2D eigenvalue weighted by molar-refractivity contribution is -0.129. The highest BCUT2D eigenvalue weighted by atomic mass is 79.9. The van der Waals surface area contributed by atoms with Crippen molar-refractivity contribution in [1.82, 2.24) is 14.7 Å². The Bertz CT molecular complexity index is 1970. The number of fused-ring (bicyclic) bond motifs is 2. The van der Waals surface area contributed by atoms with Crippen LogP contribution in [0.25, 0.3) is 5.57 Å². The summed E-state index contributed by atoms with van der Waals surface area (Å²) in [7, 11) is 0. The first-order valence-corrected chi connectivity index (χ1v) is 21.0. The minimum atomic E-state index is -1.94. The van der Waals surface area contributed by atoms with Gasteiger partial charge >= 0.3 is 12.2 Å². The summed E-state index contributed by atoms with van der Waals surface area (Å²) < 4.78 is 22.6. The number of carbonyl (C=O) groups excluding carboxylic acids is 3. The van der Waals surface area contributed by atoms with Gasteiger partial charge in [-0.15, -0.1) is 0 Å². The van der Waals surface area contributed by atoms with Crippen LogP contribution in [0, 0.1) is 6.92 Å². The molecule has 2 atom stereocenters. The van der Waals surface area contributed by atoms with E-state index in [0.717, 1.165) is 45.3 Å². The second-order valence-electron chi connectivity index (χ2n) is 16.2. The number of benzene rings is 3. The van der Waals surface area contributed by atoms with E-state index in [1.54, 1.807) is 30.6 Å². The van der Waals surface area contributed by atoms with Gasteiger partial charge in [-0.3, -0.25) is 9.69 Å². The Balaban J connectivity index is 1.37. The van der Waals surface area contributed by atoms with Crippen LogP contribution in [0.2, 0.25) is 0 Å². The van der Waals surface area contributed by atoms with Gasteiger partial charge in [-0.25, -0.2) is 9.59 Å². The van der Waals surface area contributed by atoms with Gasteiger partial charge in [-0.2, -0.15) is 0 Å². The lowest BCUT2D eigenvalue weighted by atomic mass is 9.81. The first-order valence-electron chi connectivity index (χ1n) is 19.1. The zero-order valence-electron chi connectivity index (χ0n) is 33.0. The van der Waals surface area contributed by atoms with Crippen LogP contribution in [0.3, 0.4) is 0 Å². The summed E-state index contributed by atoms with van der Waals surface area (Å²) >= 11 is 22.3. The van der Waals surface area contributed by atoms with E-state index >= 15 is 4.79 Å². The number of piperazine rings is 1. The minimum absolute atomic E-state index is 0.0122. The molecule has 1 saturated heterocycles. The second kappa shape index (κ2) is 17.3. The van der Waals surface area contributed by atoms with Crippen LogP contribution in [-0.4, -0.2) is 92.2 Å². The third-order valence-electron chi connectivity index (χ3n) is 10.3. The van der Waals surface area contributed by atoms with E-state index in [4.69, 9.17) is 53.8 Å². The van der Waals surface area contributed by atoms with Gasteiger partial charge in [-0.1, -0.05) is 87.1 Å². The molecule has 3 aromatic carbocycles. The zero-order valence-corrected chi connectivity index (χ0v) is 36.9. The summed E-state index contributed by atoms with van der Waals surface area (Å²) in [5.41, 5.74) is 1.80. The summed E-state index contributed by atoms with van der Waals surface area (Å²) in [6.07, 6.45) is 0.674. The quantitative estimate of drug-likeness (QED) is 0.140. The number of alkyl halides is 3. The summed E-state index contributed by atoms with van der Waals surface area (Å²) in [5, 5.41) is 0.